The van der Waals surface area contributed by atoms with Gasteiger partial charge in [0.05, 0.1) is 0 Å². The largest absolute Gasteiger partial charge is 0.456 e. The van der Waals surface area contributed by atoms with E-state index in [0.29, 0.717) is 6.42 Å². The molecule has 2 rings (SSSR count). The van der Waals surface area contributed by atoms with Gasteiger partial charge in [0.15, 0.2) is 6.61 Å². The number of nitrogens with one attached hydrogen (secondary N) is 2. The van der Waals surface area contributed by atoms with Gasteiger partial charge in [-0.15, -0.1) is 0 Å². The molecule has 0 bridgehead atoms. The third kappa shape index (κ3) is 7.41. The maximum Gasteiger partial charge on any atom is 0.306 e. The van der Waals surface area contributed by atoms with E-state index in [0.717, 1.165) is 35.3 Å². The number of carbonyl (C=O) groups excluding carboxylic acids is 3. The van der Waals surface area contributed by atoms with Crippen LogP contribution in [-0.2, 0) is 32.0 Å². The summed E-state index contributed by atoms with van der Waals surface area (Å²) in [5.74, 6) is -1.02. The number of esters is 1. The summed E-state index contributed by atoms with van der Waals surface area (Å²) in [6.07, 6.45) is 2.25. The minimum atomic E-state index is -0.493. The van der Waals surface area contributed by atoms with E-state index in [1.807, 2.05) is 50.2 Å². The van der Waals surface area contributed by atoms with Crippen LogP contribution in [0.3, 0.4) is 0 Å². The molecule has 0 atom stereocenters. The highest BCUT2D eigenvalue weighted by Gasteiger charge is 2.13. The quantitative estimate of drug-likeness (QED) is 0.592. The molecular formula is C23H28N2O4. The third-order valence-corrected chi connectivity index (χ3v) is 4.47. The molecule has 6 nitrogen and oxygen atoms in total. The molecule has 0 unspecified atom stereocenters. The molecule has 6 heteroatoms. The second kappa shape index (κ2) is 11.6. The summed E-state index contributed by atoms with van der Waals surface area (Å²) >= 11 is 0. The fourth-order valence-corrected chi connectivity index (χ4v) is 2.94. The Hall–Kier alpha value is -3.15. The van der Waals surface area contributed by atoms with E-state index in [-0.39, 0.29) is 31.3 Å². The van der Waals surface area contributed by atoms with E-state index in [9.17, 15) is 14.4 Å². The average molecular weight is 396 g/mol. The molecule has 0 spiro atoms. The van der Waals surface area contributed by atoms with Crippen LogP contribution in [0.15, 0.2) is 48.5 Å². The number of hydrogen-bond acceptors (Lipinski definition) is 4. The number of para-hydroxylation sites is 2. The summed E-state index contributed by atoms with van der Waals surface area (Å²) in [4.78, 5) is 35.9. The fourth-order valence-electron chi connectivity index (χ4n) is 2.94. The number of ether oxygens (including phenoxy) is 1. The van der Waals surface area contributed by atoms with Crippen molar-refractivity contribution in [2.75, 3.05) is 17.2 Å². The molecule has 0 aliphatic carbocycles. The monoisotopic (exact) mass is 396 g/mol. The maximum atomic E-state index is 12.2. The van der Waals surface area contributed by atoms with E-state index in [1.165, 1.54) is 0 Å². The van der Waals surface area contributed by atoms with Gasteiger partial charge in [-0.1, -0.05) is 50.2 Å². The van der Waals surface area contributed by atoms with Crippen LogP contribution < -0.4 is 10.6 Å². The van der Waals surface area contributed by atoms with Gasteiger partial charge >= 0.3 is 5.97 Å². The molecule has 0 heterocycles. The summed E-state index contributed by atoms with van der Waals surface area (Å²) in [7, 11) is 0. The van der Waals surface area contributed by atoms with Gasteiger partial charge in [0.25, 0.3) is 5.91 Å². The molecule has 2 N–H and O–H groups in total. The number of anilines is 2. The van der Waals surface area contributed by atoms with Gasteiger partial charge in [-0.2, -0.15) is 0 Å². The van der Waals surface area contributed by atoms with Crippen molar-refractivity contribution in [3.8, 4) is 0 Å². The minimum absolute atomic E-state index is 0.0846. The van der Waals surface area contributed by atoms with Crippen molar-refractivity contribution in [1.82, 2.24) is 0 Å². The zero-order valence-corrected chi connectivity index (χ0v) is 17.0. The lowest BCUT2D eigenvalue weighted by molar-refractivity contribution is -0.147. The Balaban J connectivity index is 1.71. The molecule has 29 heavy (non-hydrogen) atoms. The zero-order chi connectivity index (χ0) is 21.1. The summed E-state index contributed by atoms with van der Waals surface area (Å²) < 4.78 is 5.04. The summed E-state index contributed by atoms with van der Waals surface area (Å²) in [5.41, 5.74) is 3.62. The highest BCUT2D eigenvalue weighted by atomic mass is 16.5. The van der Waals surface area contributed by atoms with Crippen LogP contribution in [0.4, 0.5) is 11.4 Å². The zero-order valence-electron chi connectivity index (χ0n) is 17.0. The van der Waals surface area contributed by atoms with Crippen molar-refractivity contribution in [1.29, 1.82) is 0 Å². The van der Waals surface area contributed by atoms with Crippen LogP contribution >= 0.6 is 0 Å². The summed E-state index contributed by atoms with van der Waals surface area (Å²) in [5, 5.41) is 5.62. The van der Waals surface area contributed by atoms with Gasteiger partial charge in [0.2, 0.25) is 5.91 Å². The Morgan fingerprint density at radius 3 is 2.07 bits per heavy atom. The molecule has 0 aliphatic rings. The van der Waals surface area contributed by atoms with Crippen LogP contribution in [0.5, 0.6) is 0 Å². The Labute approximate surface area is 171 Å². The maximum absolute atomic E-state index is 12.2. The number of amides is 2. The van der Waals surface area contributed by atoms with Crippen molar-refractivity contribution in [3.63, 3.8) is 0 Å². The first-order valence-electron chi connectivity index (χ1n) is 9.94. The predicted molar refractivity (Wildman–Crippen MR) is 114 cm³/mol. The highest BCUT2D eigenvalue weighted by molar-refractivity contribution is 5.94. The Morgan fingerprint density at radius 2 is 1.45 bits per heavy atom. The predicted octanol–water partition coefficient (Wildman–Crippen LogP) is 4.10. The van der Waals surface area contributed by atoms with E-state index < -0.39 is 5.97 Å². The molecule has 0 saturated carbocycles. The van der Waals surface area contributed by atoms with Crippen LogP contribution in [0.25, 0.3) is 0 Å². The lowest BCUT2D eigenvalue weighted by Gasteiger charge is -2.14. The number of rotatable bonds is 10. The molecule has 0 fully saturated rings. The first kappa shape index (κ1) is 22.1. The normalized spacial score (nSPS) is 10.3. The number of carbonyl (C=O) groups is 3. The number of benzene rings is 2. The first-order chi connectivity index (χ1) is 14.0. The SMILES string of the molecule is CCc1cccc(CC)c1NC(=O)COC(=O)CCCC(=O)Nc1ccccc1. The molecule has 0 saturated heterocycles. The summed E-state index contributed by atoms with van der Waals surface area (Å²) in [6, 6.07) is 15.0. The van der Waals surface area contributed by atoms with E-state index in [4.69, 9.17) is 4.74 Å². The van der Waals surface area contributed by atoms with E-state index >= 15 is 0 Å². The topological polar surface area (TPSA) is 84.5 Å². The van der Waals surface area contributed by atoms with Crippen molar-refractivity contribution in [2.24, 2.45) is 0 Å². The van der Waals surface area contributed by atoms with Crippen LogP contribution in [0, 0.1) is 0 Å². The van der Waals surface area contributed by atoms with Crippen molar-refractivity contribution in [3.05, 3.63) is 59.7 Å². The first-order valence-corrected chi connectivity index (χ1v) is 9.94. The molecular weight excluding hydrogens is 368 g/mol. The minimum Gasteiger partial charge on any atom is -0.456 e. The molecule has 154 valence electrons. The lowest BCUT2D eigenvalue weighted by atomic mass is 10.0. The Kier molecular flexibility index (Phi) is 8.89. The standard InChI is InChI=1S/C23H28N2O4/c1-3-17-10-8-11-18(4-2)23(17)25-21(27)16-29-22(28)15-9-14-20(26)24-19-12-6-5-7-13-19/h5-8,10-13H,3-4,9,14-16H2,1-2H3,(H,24,26)(H,25,27). The van der Waals surface area contributed by atoms with E-state index in [2.05, 4.69) is 10.6 Å². The molecule has 2 amide bonds. The molecule has 0 radical (unpaired) electrons. The number of aryl methyl sites for hydroxylation is 2. The van der Waals surface area contributed by atoms with Gasteiger partial charge in [-0.05, 0) is 42.5 Å². The second-order valence-corrected chi connectivity index (χ2v) is 6.63. The van der Waals surface area contributed by atoms with Crippen LogP contribution in [0.1, 0.15) is 44.2 Å². The van der Waals surface area contributed by atoms with Crippen LogP contribution in [-0.4, -0.2) is 24.4 Å². The third-order valence-electron chi connectivity index (χ3n) is 4.47. The number of hydrogen-bond donors (Lipinski definition) is 2. The Morgan fingerprint density at radius 1 is 0.793 bits per heavy atom. The Bertz CT molecular complexity index is 812. The smallest absolute Gasteiger partial charge is 0.306 e. The van der Waals surface area contributed by atoms with Crippen molar-refractivity contribution in [2.45, 2.75) is 46.0 Å². The molecule has 2 aromatic carbocycles. The van der Waals surface area contributed by atoms with Gasteiger partial charge in [0, 0.05) is 24.2 Å². The molecule has 0 aliphatic heterocycles. The van der Waals surface area contributed by atoms with Gasteiger partial charge in [-0.3, -0.25) is 14.4 Å². The van der Waals surface area contributed by atoms with Crippen LogP contribution in [0.2, 0.25) is 0 Å². The molecule has 0 aromatic heterocycles. The van der Waals surface area contributed by atoms with Gasteiger partial charge < -0.3 is 15.4 Å². The fraction of sp³-hybridized carbons (Fsp3) is 0.348. The second-order valence-electron chi connectivity index (χ2n) is 6.63. The van der Waals surface area contributed by atoms with E-state index in [1.54, 1.807) is 12.1 Å². The average Bonchev–Trinajstić information content (AvgIpc) is 2.73. The van der Waals surface area contributed by atoms with Gasteiger partial charge in [0.1, 0.15) is 0 Å². The van der Waals surface area contributed by atoms with Crippen molar-refractivity contribution < 1.29 is 19.1 Å². The highest BCUT2D eigenvalue weighted by Crippen LogP contribution is 2.22. The lowest BCUT2D eigenvalue weighted by Crippen LogP contribution is -2.22. The van der Waals surface area contributed by atoms with Gasteiger partial charge in [-0.25, -0.2) is 0 Å². The summed E-state index contributed by atoms with van der Waals surface area (Å²) in [6.45, 7) is 3.72. The molecule has 2 aromatic rings. The van der Waals surface area contributed by atoms with Crippen molar-refractivity contribution >= 4 is 29.2 Å².